The molecule has 2 aromatic rings. The van der Waals surface area contributed by atoms with Gasteiger partial charge in [0.25, 0.3) is 0 Å². The van der Waals surface area contributed by atoms with E-state index in [1.54, 1.807) is 37.3 Å². The van der Waals surface area contributed by atoms with Crippen molar-refractivity contribution in [3.8, 4) is 5.75 Å². The van der Waals surface area contributed by atoms with Gasteiger partial charge in [-0.1, -0.05) is 48.3 Å². The van der Waals surface area contributed by atoms with Gasteiger partial charge in [-0.25, -0.2) is 8.42 Å². The number of carbonyl (C=O) groups excluding carboxylic acids is 2. The van der Waals surface area contributed by atoms with Gasteiger partial charge in [-0.05, 0) is 50.1 Å². The average molecular weight is 545 g/mol. The molecular weight excluding hydrogens is 513 g/mol. The summed E-state index contributed by atoms with van der Waals surface area (Å²) in [5.74, 6) is -0.302. The Morgan fingerprint density at radius 2 is 1.77 bits per heavy atom. The smallest absolute Gasteiger partial charge is 0.244 e. The van der Waals surface area contributed by atoms with Gasteiger partial charge < -0.3 is 15.0 Å². The first-order chi connectivity index (χ1) is 16.4. The summed E-state index contributed by atoms with van der Waals surface area (Å²) < 4.78 is 31.5. The number of carbonyl (C=O) groups is 2. The van der Waals surface area contributed by atoms with Crippen molar-refractivity contribution in [3.63, 3.8) is 0 Å². The molecule has 8 nitrogen and oxygen atoms in total. The lowest BCUT2D eigenvalue weighted by molar-refractivity contribution is -0.140. The highest BCUT2D eigenvalue weighted by molar-refractivity contribution is 7.92. The topological polar surface area (TPSA) is 96.0 Å². The van der Waals surface area contributed by atoms with E-state index >= 15 is 0 Å². The van der Waals surface area contributed by atoms with Gasteiger partial charge in [0.1, 0.15) is 18.3 Å². The quantitative estimate of drug-likeness (QED) is 0.460. The van der Waals surface area contributed by atoms with Gasteiger partial charge >= 0.3 is 0 Å². The molecule has 2 aromatic carbocycles. The van der Waals surface area contributed by atoms with E-state index in [1.165, 1.54) is 24.1 Å². The van der Waals surface area contributed by atoms with Crippen LogP contribution in [0.2, 0.25) is 10.0 Å². The van der Waals surface area contributed by atoms with Gasteiger partial charge in [0, 0.05) is 12.6 Å². The summed E-state index contributed by atoms with van der Waals surface area (Å²) in [6, 6.07) is 10.7. The Hall–Kier alpha value is -2.49. The third-order valence-electron chi connectivity index (χ3n) is 5.18. The first-order valence-corrected chi connectivity index (χ1v) is 13.6. The van der Waals surface area contributed by atoms with Crippen LogP contribution in [0.15, 0.2) is 42.5 Å². The highest BCUT2D eigenvalue weighted by Crippen LogP contribution is 2.33. The zero-order valence-electron chi connectivity index (χ0n) is 20.4. The number of nitrogens with zero attached hydrogens (tertiary/aromatic N) is 2. The molecule has 0 heterocycles. The lowest BCUT2D eigenvalue weighted by Gasteiger charge is -2.33. The third kappa shape index (κ3) is 7.75. The molecule has 0 aromatic heterocycles. The number of nitrogens with one attached hydrogen (secondary N) is 1. The molecule has 0 saturated carbocycles. The van der Waals surface area contributed by atoms with E-state index in [0.717, 1.165) is 16.1 Å². The molecular formula is C24H31Cl2N3O5S. The number of halogens is 2. The molecule has 1 atom stereocenters. The molecule has 11 heteroatoms. The van der Waals surface area contributed by atoms with Gasteiger partial charge in [0.2, 0.25) is 21.8 Å². The first kappa shape index (κ1) is 28.7. The van der Waals surface area contributed by atoms with Crippen LogP contribution in [0.5, 0.6) is 5.75 Å². The Bertz CT molecular complexity index is 1160. The number of methoxy groups -OCH3 is 1. The van der Waals surface area contributed by atoms with E-state index < -0.39 is 28.5 Å². The van der Waals surface area contributed by atoms with Crippen molar-refractivity contribution in [2.75, 3.05) is 24.2 Å². The summed E-state index contributed by atoms with van der Waals surface area (Å²) in [5, 5.41) is 3.01. The van der Waals surface area contributed by atoms with E-state index in [4.69, 9.17) is 27.9 Å². The molecule has 0 radical (unpaired) electrons. The van der Waals surface area contributed by atoms with Crippen LogP contribution in [-0.4, -0.2) is 57.1 Å². The van der Waals surface area contributed by atoms with Gasteiger partial charge in [-0.2, -0.15) is 0 Å². The molecule has 0 aliphatic rings. The van der Waals surface area contributed by atoms with Crippen LogP contribution in [0.1, 0.15) is 32.8 Å². The van der Waals surface area contributed by atoms with Crippen LogP contribution in [-0.2, 0) is 26.2 Å². The fraction of sp³-hybridized carbons (Fsp3) is 0.417. The van der Waals surface area contributed by atoms with Crippen LogP contribution >= 0.6 is 23.2 Å². The highest BCUT2D eigenvalue weighted by Gasteiger charge is 2.32. The number of benzene rings is 2. The maximum absolute atomic E-state index is 13.7. The van der Waals surface area contributed by atoms with E-state index in [1.807, 2.05) is 13.8 Å². The average Bonchev–Trinajstić information content (AvgIpc) is 2.78. The predicted molar refractivity (Wildman–Crippen MR) is 140 cm³/mol. The lowest BCUT2D eigenvalue weighted by Crippen LogP contribution is -2.53. The summed E-state index contributed by atoms with van der Waals surface area (Å²) in [6.07, 6.45) is 1.30. The fourth-order valence-electron chi connectivity index (χ4n) is 3.55. The van der Waals surface area contributed by atoms with E-state index in [0.29, 0.717) is 12.2 Å². The SMILES string of the molecule is CCC(C(=O)NC(C)C)N(Cc1cccc(OC)c1)C(=O)CN(c1cccc(Cl)c1Cl)S(C)(=O)=O. The normalized spacial score (nSPS) is 12.2. The molecule has 0 fully saturated rings. The van der Waals surface area contributed by atoms with Crippen molar-refractivity contribution in [1.82, 2.24) is 10.2 Å². The number of amides is 2. The van der Waals surface area contributed by atoms with Crippen LogP contribution in [0, 0.1) is 0 Å². The maximum atomic E-state index is 13.7. The predicted octanol–water partition coefficient (Wildman–Crippen LogP) is 4.10. The summed E-state index contributed by atoms with van der Waals surface area (Å²) in [6.45, 7) is 4.95. The Kier molecular flexibility index (Phi) is 10.2. The van der Waals surface area contributed by atoms with Crippen molar-refractivity contribution in [2.24, 2.45) is 0 Å². The minimum atomic E-state index is -3.92. The molecule has 0 bridgehead atoms. The monoisotopic (exact) mass is 543 g/mol. The third-order valence-corrected chi connectivity index (χ3v) is 7.12. The minimum absolute atomic E-state index is 0.0105. The minimum Gasteiger partial charge on any atom is -0.497 e. The zero-order valence-corrected chi connectivity index (χ0v) is 22.7. The van der Waals surface area contributed by atoms with Crippen molar-refractivity contribution >= 4 is 50.7 Å². The number of rotatable bonds is 11. The second-order valence-electron chi connectivity index (χ2n) is 8.30. The number of sulfonamides is 1. The van der Waals surface area contributed by atoms with E-state index in [-0.39, 0.29) is 34.2 Å². The van der Waals surface area contributed by atoms with Gasteiger partial charge in [0.05, 0.1) is 29.1 Å². The second-order valence-corrected chi connectivity index (χ2v) is 11.0. The standard InChI is InChI=1S/C24H31Cl2N3O5S/c1-6-20(24(31)27-16(2)3)28(14-17-9-7-10-18(13-17)34-4)22(30)15-29(35(5,32)33)21-12-8-11-19(25)23(21)26/h7-13,16,20H,6,14-15H2,1-5H3,(H,27,31). The summed E-state index contributed by atoms with van der Waals surface area (Å²) in [5.41, 5.74) is 0.802. The lowest BCUT2D eigenvalue weighted by atomic mass is 10.1. The molecule has 0 aliphatic heterocycles. The van der Waals surface area contributed by atoms with Gasteiger partial charge in [0.15, 0.2) is 0 Å². The summed E-state index contributed by atoms with van der Waals surface area (Å²) >= 11 is 12.4. The zero-order chi connectivity index (χ0) is 26.3. The molecule has 2 rings (SSSR count). The number of hydrogen-bond donors (Lipinski definition) is 1. The van der Waals surface area contributed by atoms with E-state index in [9.17, 15) is 18.0 Å². The van der Waals surface area contributed by atoms with Crippen LogP contribution in [0.4, 0.5) is 5.69 Å². The van der Waals surface area contributed by atoms with Crippen molar-refractivity contribution < 1.29 is 22.7 Å². The Balaban J connectivity index is 2.50. The number of hydrogen-bond acceptors (Lipinski definition) is 5. The highest BCUT2D eigenvalue weighted by atomic mass is 35.5. The molecule has 2 amide bonds. The fourth-order valence-corrected chi connectivity index (χ4v) is 4.85. The van der Waals surface area contributed by atoms with Crippen molar-refractivity contribution in [1.29, 1.82) is 0 Å². The van der Waals surface area contributed by atoms with Crippen molar-refractivity contribution in [3.05, 3.63) is 58.1 Å². The molecule has 35 heavy (non-hydrogen) atoms. The van der Waals surface area contributed by atoms with Crippen LogP contribution in [0.3, 0.4) is 0 Å². The first-order valence-electron chi connectivity index (χ1n) is 11.0. The number of anilines is 1. The molecule has 0 aliphatic carbocycles. The molecule has 1 unspecified atom stereocenters. The van der Waals surface area contributed by atoms with E-state index in [2.05, 4.69) is 5.32 Å². The summed E-state index contributed by atoms with van der Waals surface area (Å²) in [4.78, 5) is 28.0. The maximum Gasteiger partial charge on any atom is 0.244 e. The Morgan fingerprint density at radius 3 is 2.34 bits per heavy atom. The van der Waals surface area contributed by atoms with Crippen molar-refractivity contribution in [2.45, 2.75) is 45.8 Å². The van der Waals surface area contributed by atoms with Crippen LogP contribution < -0.4 is 14.4 Å². The Morgan fingerprint density at radius 1 is 1.11 bits per heavy atom. The molecule has 192 valence electrons. The Labute approximate surface area is 217 Å². The summed E-state index contributed by atoms with van der Waals surface area (Å²) in [7, 11) is -2.39. The van der Waals surface area contributed by atoms with Crippen LogP contribution in [0.25, 0.3) is 0 Å². The molecule has 0 saturated heterocycles. The molecule has 1 N–H and O–H groups in total. The van der Waals surface area contributed by atoms with Gasteiger partial charge in [-0.3, -0.25) is 13.9 Å². The second kappa shape index (κ2) is 12.5. The van der Waals surface area contributed by atoms with Gasteiger partial charge in [-0.15, -0.1) is 0 Å². The largest absolute Gasteiger partial charge is 0.497 e. The molecule has 0 spiro atoms. The number of ether oxygens (including phenoxy) is 1.